The number of hydrogen-bond acceptors (Lipinski definition) is 4. The monoisotopic (exact) mass is 457 g/mol. The highest BCUT2D eigenvalue weighted by Gasteiger charge is 2.27. The second-order valence-electron chi connectivity index (χ2n) is 6.74. The molecule has 1 aliphatic heterocycles. The summed E-state index contributed by atoms with van der Waals surface area (Å²) in [5.74, 6) is 0.753. The maximum atomic E-state index is 12.2. The van der Waals surface area contributed by atoms with Crippen LogP contribution >= 0.6 is 34.8 Å². The Kier molecular flexibility index (Phi) is 5.25. The van der Waals surface area contributed by atoms with Gasteiger partial charge >= 0.3 is 0 Å². The average Bonchev–Trinajstić information content (AvgIpc) is 3.05. The molecule has 2 aromatic carbocycles. The first-order chi connectivity index (χ1) is 13.3. The van der Waals surface area contributed by atoms with E-state index in [2.05, 4.69) is 0 Å². The number of halogens is 3. The van der Waals surface area contributed by atoms with E-state index in [9.17, 15) is 8.42 Å². The number of imidazole rings is 1. The Morgan fingerprint density at radius 1 is 1.07 bits per heavy atom. The molecule has 0 saturated carbocycles. The second kappa shape index (κ2) is 7.41. The number of rotatable bonds is 4. The summed E-state index contributed by atoms with van der Waals surface area (Å²) in [7, 11) is -3.19. The van der Waals surface area contributed by atoms with Gasteiger partial charge in [-0.05, 0) is 36.2 Å². The lowest BCUT2D eigenvalue weighted by Crippen LogP contribution is -2.28. The van der Waals surface area contributed by atoms with Crippen molar-refractivity contribution in [3.63, 3.8) is 0 Å². The van der Waals surface area contributed by atoms with Gasteiger partial charge in [-0.15, -0.1) is 0 Å². The Morgan fingerprint density at radius 3 is 2.57 bits per heavy atom. The van der Waals surface area contributed by atoms with Crippen LogP contribution in [0.5, 0.6) is 0 Å². The van der Waals surface area contributed by atoms with Crippen molar-refractivity contribution in [1.29, 1.82) is 0 Å². The summed E-state index contributed by atoms with van der Waals surface area (Å²) >= 11 is 18.9. The van der Waals surface area contributed by atoms with Gasteiger partial charge in [0.05, 0.1) is 27.0 Å². The number of aryl methyl sites for hydroxylation is 1. The molecule has 28 heavy (non-hydrogen) atoms. The van der Waals surface area contributed by atoms with Crippen LogP contribution < -0.4 is 4.90 Å². The molecule has 0 bridgehead atoms. The summed E-state index contributed by atoms with van der Waals surface area (Å²) in [6.07, 6.45) is 0.865. The van der Waals surface area contributed by atoms with Gasteiger partial charge in [0.2, 0.25) is 5.95 Å². The zero-order chi connectivity index (χ0) is 20.1. The number of aromatic nitrogens is 2. The van der Waals surface area contributed by atoms with Crippen molar-refractivity contribution in [1.82, 2.24) is 9.55 Å². The van der Waals surface area contributed by atoms with Gasteiger partial charge in [0.1, 0.15) is 5.52 Å². The SMILES string of the molecule is CCS(=O)(=O)Cc1ccc(Cl)c2nc3n(c12)CCCN3c1ccc(Cl)cc1Cl. The summed E-state index contributed by atoms with van der Waals surface area (Å²) in [5, 5.41) is 1.60. The van der Waals surface area contributed by atoms with E-state index in [-0.39, 0.29) is 11.5 Å². The van der Waals surface area contributed by atoms with E-state index < -0.39 is 9.84 Å². The molecular formula is C19H18Cl3N3O2S. The van der Waals surface area contributed by atoms with E-state index >= 15 is 0 Å². The standard InChI is InChI=1S/C19H18Cl3N3O2S/c1-2-28(26,27)11-12-4-6-14(21)17-18(12)25-9-3-8-24(19(25)23-17)16-7-5-13(20)10-15(16)22/h4-7,10H,2-3,8-9,11H2,1H3. The van der Waals surface area contributed by atoms with Crippen molar-refractivity contribution in [2.45, 2.75) is 25.6 Å². The highest BCUT2D eigenvalue weighted by Crippen LogP contribution is 2.39. The summed E-state index contributed by atoms with van der Waals surface area (Å²) in [5.41, 5.74) is 2.90. The van der Waals surface area contributed by atoms with Crippen LogP contribution in [0.15, 0.2) is 30.3 Å². The first-order valence-corrected chi connectivity index (χ1v) is 11.9. The molecule has 0 atom stereocenters. The Balaban J connectivity index is 1.92. The fourth-order valence-corrected chi connectivity index (χ4v) is 5.17. The van der Waals surface area contributed by atoms with E-state index in [1.54, 1.807) is 31.2 Å². The van der Waals surface area contributed by atoms with Crippen molar-refractivity contribution < 1.29 is 8.42 Å². The Hall–Kier alpha value is -1.47. The Labute approximate surface area is 178 Å². The topological polar surface area (TPSA) is 55.2 Å². The molecule has 0 aliphatic carbocycles. The highest BCUT2D eigenvalue weighted by molar-refractivity contribution is 7.90. The van der Waals surface area contributed by atoms with Gasteiger partial charge in [0, 0.05) is 23.9 Å². The number of hydrogen-bond donors (Lipinski definition) is 0. The molecule has 1 aliphatic rings. The molecule has 5 nitrogen and oxygen atoms in total. The molecular weight excluding hydrogens is 441 g/mol. The molecule has 0 amide bonds. The van der Waals surface area contributed by atoms with Crippen molar-refractivity contribution in [3.8, 4) is 0 Å². The highest BCUT2D eigenvalue weighted by atomic mass is 35.5. The Bertz CT molecular complexity index is 1170. The molecule has 1 aromatic heterocycles. The van der Waals surface area contributed by atoms with E-state index in [1.165, 1.54) is 0 Å². The Morgan fingerprint density at radius 2 is 1.86 bits per heavy atom. The van der Waals surface area contributed by atoms with Gasteiger partial charge in [-0.25, -0.2) is 13.4 Å². The van der Waals surface area contributed by atoms with Crippen LogP contribution in [-0.2, 0) is 22.1 Å². The first-order valence-electron chi connectivity index (χ1n) is 8.91. The molecule has 3 aromatic rings. The largest absolute Gasteiger partial charge is 0.310 e. The zero-order valence-electron chi connectivity index (χ0n) is 15.1. The second-order valence-corrected chi connectivity index (χ2v) is 10.3. The van der Waals surface area contributed by atoms with Gasteiger partial charge in [0.25, 0.3) is 0 Å². The summed E-state index contributed by atoms with van der Waals surface area (Å²) < 4.78 is 26.5. The minimum Gasteiger partial charge on any atom is -0.310 e. The number of benzene rings is 2. The fraction of sp³-hybridized carbons (Fsp3) is 0.316. The van der Waals surface area contributed by atoms with Crippen molar-refractivity contribution in [3.05, 3.63) is 51.0 Å². The third-order valence-electron chi connectivity index (χ3n) is 4.93. The minimum atomic E-state index is -3.19. The lowest BCUT2D eigenvalue weighted by atomic mass is 10.2. The van der Waals surface area contributed by atoms with Gasteiger partial charge in [-0.1, -0.05) is 47.8 Å². The van der Waals surface area contributed by atoms with Gasteiger partial charge in [-0.2, -0.15) is 0 Å². The van der Waals surface area contributed by atoms with E-state index in [0.717, 1.165) is 30.7 Å². The van der Waals surface area contributed by atoms with Gasteiger partial charge in [-0.3, -0.25) is 0 Å². The first kappa shape index (κ1) is 19.8. The number of sulfone groups is 1. The third-order valence-corrected chi connectivity index (χ3v) is 7.40. The fourth-order valence-electron chi connectivity index (χ4n) is 3.55. The predicted octanol–water partition coefficient (Wildman–Crippen LogP) is 5.47. The van der Waals surface area contributed by atoms with Crippen LogP contribution in [-0.4, -0.2) is 30.3 Å². The normalized spacial score (nSPS) is 14.5. The molecule has 0 fully saturated rings. The zero-order valence-corrected chi connectivity index (χ0v) is 18.2. The van der Waals surface area contributed by atoms with E-state index in [4.69, 9.17) is 39.8 Å². The molecule has 0 saturated heterocycles. The third kappa shape index (κ3) is 3.47. The van der Waals surface area contributed by atoms with E-state index in [1.807, 2.05) is 15.5 Å². The molecule has 9 heteroatoms. The van der Waals surface area contributed by atoms with Gasteiger partial charge in [0.15, 0.2) is 9.84 Å². The quantitative estimate of drug-likeness (QED) is 0.520. The van der Waals surface area contributed by atoms with Crippen molar-refractivity contribution >= 4 is 67.3 Å². The average molecular weight is 459 g/mol. The van der Waals surface area contributed by atoms with E-state index in [0.29, 0.717) is 32.1 Å². The summed E-state index contributed by atoms with van der Waals surface area (Å²) in [4.78, 5) is 6.79. The van der Waals surface area contributed by atoms with Gasteiger partial charge < -0.3 is 9.47 Å². The minimum absolute atomic E-state index is 0.0377. The molecule has 2 heterocycles. The van der Waals surface area contributed by atoms with Crippen LogP contribution in [0, 0.1) is 0 Å². The lowest BCUT2D eigenvalue weighted by molar-refractivity contribution is 0.594. The van der Waals surface area contributed by atoms with Crippen LogP contribution in [0.25, 0.3) is 11.0 Å². The number of fused-ring (bicyclic) bond motifs is 3. The maximum Gasteiger partial charge on any atom is 0.211 e. The predicted molar refractivity (Wildman–Crippen MR) is 116 cm³/mol. The van der Waals surface area contributed by atoms with Crippen molar-refractivity contribution in [2.24, 2.45) is 0 Å². The van der Waals surface area contributed by atoms with Crippen LogP contribution in [0.3, 0.4) is 0 Å². The molecule has 0 radical (unpaired) electrons. The molecule has 0 N–H and O–H groups in total. The molecule has 4 rings (SSSR count). The smallest absolute Gasteiger partial charge is 0.211 e. The molecule has 0 unspecified atom stereocenters. The van der Waals surface area contributed by atoms with Crippen LogP contribution in [0.4, 0.5) is 11.6 Å². The lowest BCUT2D eigenvalue weighted by Gasteiger charge is -2.30. The van der Waals surface area contributed by atoms with Crippen molar-refractivity contribution in [2.75, 3.05) is 17.2 Å². The summed E-state index contributed by atoms with van der Waals surface area (Å²) in [6.45, 7) is 3.12. The summed E-state index contributed by atoms with van der Waals surface area (Å²) in [6, 6.07) is 8.84. The number of nitrogens with zero attached hydrogens (tertiary/aromatic N) is 3. The van der Waals surface area contributed by atoms with Crippen LogP contribution in [0.2, 0.25) is 15.1 Å². The number of anilines is 2. The molecule has 0 spiro atoms. The molecule has 148 valence electrons. The maximum absolute atomic E-state index is 12.2. The van der Waals surface area contributed by atoms with Crippen LogP contribution in [0.1, 0.15) is 18.9 Å².